The van der Waals surface area contributed by atoms with E-state index < -0.39 is 15.3 Å². The largest absolute Gasteiger partial charge is 0.372 e. The molecule has 1 aromatic heterocycles. The highest BCUT2D eigenvalue weighted by Gasteiger charge is 2.33. The predicted molar refractivity (Wildman–Crippen MR) is 98.7 cm³/mol. The van der Waals surface area contributed by atoms with Crippen LogP contribution < -0.4 is 4.72 Å². The van der Waals surface area contributed by atoms with Gasteiger partial charge in [-0.15, -0.1) is 0 Å². The minimum Gasteiger partial charge on any atom is -0.372 e. The van der Waals surface area contributed by atoms with Gasteiger partial charge < -0.3 is 4.74 Å². The maximum absolute atomic E-state index is 12.2. The second-order valence-corrected chi connectivity index (χ2v) is 9.04. The van der Waals surface area contributed by atoms with Crippen LogP contribution >= 0.6 is 0 Å². The highest BCUT2D eigenvalue weighted by atomic mass is 32.2. The number of nitrogens with zero attached hydrogens (tertiary/aromatic N) is 1. The van der Waals surface area contributed by atoms with Crippen LogP contribution in [0.3, 0.4) is 0 Å². The Hall–Kier alpha value is -1.76. The molecule has 0 saturated carbocycles. The third-order valence-electron chi connectivity index (χ3n) is 4.48. The summed E-state index contributed by atoms with van der Waals surface area (Å²) in [7, 11) is -3.32. The Morgan fingerprint density at radius 2 is 1.88 bits per heavy atom. The highest BCUT2D eigenvalue weighted by Crippen LogP contribution is 2.31. The average molecular weight is 360 g/mol. The first-order valence-electron chi connectivity index (χ1n) is 8.51. The smallest absolute Gasteiger partial charge is 0.214 e. The quantitative estimate of drug-likeness (QED) is 0.889. The van der Waals surface area contributed by atoms with Crippen molar-refractivity contribution in [2.75, 3.05) is 6.61 Å². The molecule has 0 aliphatic carbocycles. The number of ether oxygens (including phenoxy) is 1. The van der Waals surface area contributed by atoms with Crippen LogP contribution in [0.2, 0.25) is 0 Å². The van der Waals surface area contributed by atoms with E-state index in [0.717, 1.165) is 22.3 Å². The molecule has 1 saturated heterocycles. The van der Waals surface area contributed by atoms with Crippen LogP contribution in [-0.4, -0.2) is 31.3 Å². The van der Waals surface area contributed by atoms with Gasteiger partial charge in [0.05, 0.1) is 17.4 Å². The molecular formula is C19H24N2O3S. The van der Waals surface area contributed by atoms with Crippen LogP contribution in [0.25, 0.3) is 11.1 Å². The molecule has 2 atom stereocenters. The van der Waals surface area contributed by atoms with Gasteiger partial charge in [0.15, 0.2) is 0 Å². The normalized spacial score (nSPS) is 21.0. The third-order valence-corrected chi connectivity index (χ3v) is 6.35. The van der Waals surface area contributed by atoms with Crippen LogP contribution in [0.15, 0.2) is 42.7 Å². The molecule has 1 N–H and O–H groups in total. The molecule has 1 aliphatic heterocycles. The Labute approximate surface area is 149 Å². The lowest BCUT2D eigenvalue weighted by Crippen LogP contribution is -2.40. The van der Waals surface area contributed by atoms with Crippen molar-refractivity contribution < 1.29 is 13.2 Å². The highest BCUT2D eigenvalue weighted by molar-refractivity contribution is 7.90. The second-order valence-electron chi connectivity index (χ2n) is 6.77. The Morgan fingerprint density at radius 3 is 2.52 bits per heavy atom. The van der Waals surface area contributed by atoms with Gasteiger partial charge in [0.25, 0.3) is 0 Å². The van der Waals surface area contributed by atoms with E-state index >= 15 is 0 Å². The van der Waals surface area contributed by atoms with E-state index in [9.17, 15) is 8.42 Å². The van der Waals surface area contributed by atoms with Crippen LogP contribution in [0.4, 0.5) is 0 Å². The third kappa shape index (κ3) is 4.08. The number of pyridine rings is 1. The molecule has 0 radical (unpaired) electrons. The van der Waals surface area contributed by atoms with E-state index in [1.54, 1.807) is 13.8 Å². The van der Waals surface area contributed by atoms with Crippen LogP contribution in [-0.2, 0) is 14.8 Å². The number of hydrogen-bond acceptors (Lipinski definition) is 4. The van der Waals surface area contributed by atoms with Crippen molar-refractivity contribution in [1.82, 2.24) is 9.71 Å². The van der Waals surface area contributed by atoms with E-state index in [1.807, 2.05) is 43.6 Å². The fourth-order valence-corrected chi connectivity index (χ4v) is 3.90. The standard InChI is InChI=1S/C19H24N2O3S/c1-13(2)25(22,23)21-18-8-9-24-19(18)16-6-4-15(5-7-16)17-10-14(3)11-20-12-17/h4-7,10-13,18-19,21H,8-9H2,1-3H3/t18-,19-/m1/s1. The number of nitrogens with one attached hydrogen (secondary N) is 1. The fourth-order valence-electron chi connectivity index (χ4n) is 2.96. The van der Waals surface area contributed by atoms with Crippen molar-refractivity contribution in [3.63, 3.8) is 0 Å². The predicted octanol–water partition coefficient (Wildman–Crippen LogP) is 3.21. The monoisotopic (exact) mass is 360 g/mol. The number of aryl methyl sites for hydroxylation is 1. The van der Waals surface area contributed by atoms with Crippen molar-refractivity contribution >= 4 is 10.0 Å². The van der Waals surface area contributed by atoms with E-state index in [0.29, 0.717) is 13.0 Å². The van der Waals surface area contributed by atoms with Crippen LogP contribution in [0.1, 0.15) is 37.5 Å². The SMILES string of the molecule is Cc1cncc(-c2ccc([C@H]3OCC[C@H]3NS(=O)(=O)C(C)C)cc2)c1. The maximum atomic E-state index is 12.2. The van der Waals surface area contributed by atoms with E-state index in [1.165, 1.54) is 0 Å². The Bertz CT molecular complexity index is 832. The summed E-state index contributed by atoms with van der Waals surface area (Å²) < 4.78 is 32.9. The van der Waals surface area contributed by atoms with Crippen molar-refractivity contribution in [2.24, 2.45) is 0 Å². The van der Waals surface area contributed by atoms with Gasteiger partial charge in [-0.1, -0.05) is 24.3 Å². The first-order valence-corrected chi connectivity index (χ1v) is 10.1. The first-order chi connectivity index (χ1) is 11.9. The number of aromatic nitrogens is 1. The zero-order chi connectivity index (χ0) is 18.0. The van der Waals surface area contributed by atoms with Gasteiger partial charge in [-0.3, -0.25) is 4.98 Å². The Kier molecular flexibility index (Phi) is 5.22. The summed E-state index contributed by atoms with van der Waals surface area (Å²) in [5.74, 6) is 0. The van der Waals surface area contributed by atoms with E-state index in [2.05, 4.69) is 15.8 Å². The Balaban J connectivity index is 1.79. The molecule has 2 heterocycles. The molecule has 2 aromatic rings. The molecule has 6 heteroatoms. The summed E-state index contributed by atoms with van der Waals surface area (Å²) in [6.45, 7) is 5.93. The lowest BCUT2D eigenvalue weighted by atomic mass is 9.99. The van der Waals surface area contributed by atoms with Gasteiger partial charge in [-0.25, -0.2) is 13.1 Å². The molecule has 1 fully saturated rings. The summed E-state index contributed by atoms with van der Waals surface area (Å²) in [6.07, 6.45) is 4.10. The molecular weight excluding hydrogens is 336 g/mol. The molecule has 3 rings (SSSR count). The summed E-state index contributed by atoms with van der Waals surface area (Å²) in [6, 6.07) is 9.93. The zero-order valence-electron chi connectivity index (χ0n) is 14.8. The van der Waals surface area contributed by atoms with Crippen molar-refractivity contribution in [1.29, 1.82) is 0 Å². The average Bonchev–Trinajstić information content (AvgIpc) is 3.02. The fraction of sp³-hybridized carbons (Fsp3) is 0.421. The minimum absolute atomic E-state index is 0.223. The molecule has 0 bridgehead atoms. The van der Waals surface area contributed by atoms with E-state index in [4.69, 9.17) is 4.74 Å². The summed E-state index contributed by atoms with van der Waals surface area (Å²) in [5, 5.41) is -0.454. The van der Waals surface area contributed by atoms with Gasteiger partial charge in [0.1, 0.15) is 0 Å². The molecule has 25 heavy (non-hydrogen) atoms. The van der Waals surface area contributed by atoms with Crippen molar-refractivity contribution in [3.8, 4) is 11.1 Å². The lowest BCUT2D eigenvalue weighted by Gasteiger charge is -2.21. The van der Waals surface area contributed by atoms with E-state index in [-0.39, 0.29) is 12.1 Å². The topological polar surface area (TPSA) is 68.3 Å². The van der Waals surface area contributed by atoms with Gasteiger partial charge >= 0.3 is 0 Å². The summed E-state index contributed by atoms with van der Waals surface area (Å²) >= 11 is 0. The van der Waals surface area contributed by atoms with Gasteiger partial charge in [-0.05, 0) is 49.9 Å². The zero-order valence-corrected chi connectivity index (χ0v) is 15.6. The number of sulfonamides is 1. The molecule has 134 valence electrons. The maximum Gasteiger partial charge on any atom is 0.214 e. The summed E-state index contributed by atoms with van der Waals surface area (Å²) in [5.41, 5.74) is 4.25. The lowest BCUT2D eigenvalue weighted by molar-refractivity contribution is 0.102. The number of hydrogen-bond donors (Lipinski definition) is 1. The minimum atomic E-state index is -3.32. The van der Waals surface area contributed by atoms with Crippen molar-refractivity contribution in [2.45, 2.75) is 44.6 Å². The van der Waals surface area contributed by atoms with Gasteiger partial charge in [0.2, 0.25) is 10.0 Å². The number of rotatable bonds is 5. The molecule has 0 spiro atoms. The van der Waals surface area contributed by atoms with Gasteiger partial charge in [0, 0.05) is 24.6 Å². The number of benzene rings is 1. The molecule has 0 amide bonds. The molecule has 5 nitrogen and oxygen atoms in total. The second kappa shape index (κ2) is 7.23. The van der Waals surface area contributed by atoms with Gasteiger partial charge in [-0.2, -0.15) is 0 Å². The Morgan fingerprint density at radius 1 is 1.16 bits per heavy atom. The van der Waals surface area contributed by atoms with Crippen LogP contribution in [0, 0.1) is 6.92 Å². The first kappa shape index (κ1) is 18.0. The van der Waals surface area contributed by atoms with Crippen LogP contribution in [0.5, 0.6) is 0 Å². The molecule has 1 aliphatic rings. The van der Waals surface area contributed by atoms with Crippen molar-refractivity contribution in [3.05, 3.63) is 53.9 Å². The summed E-state index contributed by atoms with van der Waals surface area (Å²) in [4.78, 5) is 4.23. The molecule has 0 unspecified atom stereocenters. The molecule has 1 aromatic carbocycles.